The molecule has 4 nitrogen and oxygen atoms in total. The molecule has 0 aliphatic heterocycles. The summed E-state index contributed by atoms with van der Waals surface area (Å²) in [7, 11) is 2.36. The molecule has 208 valence electrons. The van der Waals surface area contributed by atoms with Crippen molar-refractivity contribution in [1.82, 2.24) is 0 Å². The summed E-state index contributed by atoms with van der Waals surface area (Å²) in [5.41, 5.74) is 0. The molecule has 0 aliphatic carbocycles. The van der Waals surface area contributed by atoms with Crippen LogP contribution in [0.25, 0.3) is 0 Å². The van der Waals surface area contributed by atoms with Crippen molar-refractivity contribution in [3.05, 3.63) is 121 Å². The summed E-state index contributed by atoms with van der Waals surface area (Å²) in [6.07, 6.45) is 0. The van der Waals surface area contributed by atoms with Gasteiger partial charge in [-0.2, -0.15) is 0 Å². The number of rotatable bonds is 12. The van der Waals surface area contributed by atoms with Gasteiger partial charge in [-0.3, -0.25) is 0 Å². The van der Waals surface area contributed by atoms with E-state index in [0.29, 0.717) is 13.6 Å². The number of hydrogen-bond donors (Lipinski definition) is 0. The predicted molar refractivity (Wildman–Crippen MR) is 170 cm³/mol. The van der Waals surface area contributed by atoms with E-state index in [1.807, 2.05) is 13.8 Å². The second-order valence-electron chi connectivity index (χ2n) is 8.14. The number of methoxy groups -OCH3 is 2. The van der Waals surface area contributed by atoms with Crippen LogP contribution in [0.5, 0.6) is 0 Å². The molecule has 0 atom stereocenters. The summed E-state index contributed by atoms with van der Waals surface area (Å²) in [4.78, 5) is 0. The Bertz CT molecular complexity index is 918. The van der Waals surface area contributed by atoms with Crippen molar-refractivity contribution in [2.75, 3.05) is 46.9 Å². The zero-order valence-electron chi connectivity index (χ0n) is 23.6. The van der Waals surface area contributed by atoms with Crippen molar-refractivity contribution in [2.45, 2.75) is 13.8 Å². The van der Waals surface area contributed by atoms with Crippen LogP contribution in [0, 0.1) is 0 Å². The highest BCUT2D eigenvalue weighted by Crippen LogP contribution is 2.48. The van der Waals surface area contributed by atoms with Gasteiger partial charge in [-0.05, 0) is 50.9 Å². The minimum Gasteiger partial charge on any atom is -0.359 e. The molecule has 4 rings (SSSR count). The highest BCUT2D eigenvalue weighted by atomic mass is 31.2. The molecule has 0 unspecified atom stereocenters. The van der Waals surface area contributed by atoms with Crippen LogP contribution in [-0.2, 0) is 18.9 Å². The summed E-state index contributed by atoms with van der Waals surface area (Å²) in [6, 6.07) is 44.1. The Morgan fingerprint density at radius 2 is 0.718 bits per heavy atom. The van der Waals surface area contributed by atoms with Gasteiger partial charge >= 0.3 is 0 Å². The quantitative estimate of drug-likeness (QED) is 0.112. The zero-order valence-corrected chi connectivity index (χ0v) is 25.4. The summed E-state index contributed by atoms with van der Waals surface area (Å²) < 4.78 is 18.6. The molecule has 0 saturated carbocycles. The zero-order chi connectivity index (χ0) is 28.0. The van der Waals surface area contributed by atoms with Crippen molar-refractivity contribution in [3.63, 3.8) is 0 Å². The molecule has 0 bridgehead atoms. The van der Waals surface area contributed by atoms with E-state index in [2.05, 4.69) is 131 Å². The van der Waals surface area contributed by atoms with E-state index in [1.165, 1.54) is 27.1 Å². The Labute approximate surface area is 237 Å². The van der Waals surface area contributed by atoms with Gasteiger partial charge in [0, 0.05) is 33.3 Å². The van der Waals surface area contributed by atoms with Crippen LogP contribution in [0.15, 0.2) is 121 Å². The number of ether oxygens (including phenoxy) is 4. The Hall–Kier alpha value is -2.42. The van der Waals surface area contributed by atoms with Crippen molar-refractivity contribution in [1.29, 1.82) is 0 Å². The van der Waals surface area contributed by atoms with Gasteiger partial charge < -0.3 is 18.9 Å². The fourth-order valence-corrected chi connectivity index (χ4v) is 10.0. The largest absolute Gasteiger partial charge is 0.359 e. The number of benzene rings is 4. The molecular formula is C33H42O4P2. The predicted octanol–water partition coefficient (Wildman–Crippen LogP) is 6.46. The van der Waals surface area contributed by atoms with Crippen LogP contribution in [0.3, 0.4) is 0 Å². The topological polar surface area (TPSA) is 36.9 Å². The first-order chi connectivity index (χ1) is 19.2. The lowest BCUT2D eigenvalue weighted by molar-refractivity contribution is -0.0445. The summed E-state index contributed by atoms with van der Waals surface area (Å²) >= 11 is 0. The molecule has 0 N–H and O–H groups in total. The van der Waals surface area contributed by atoms with E-state index in [9.17, 15) is 0 Å². The molecule has 0 aliphatic rings. The highest BCUT2D eigenvalue weighted by molar-refractivity contribution is 7.88. The minimum absolute atomic E-state index is 0.389. The molecule has 0 aromatic heterocycles. The lowest BCUT2D eigenvalue weighted by Crippen LogP contribution is -2.19. The molecule has 0 heterocycles. The van der Waals surface area contributed by atoms with Crippen molar-refractivity contribution >= 4 is 37.1 Å². The lowest BCUT2D eigenvalue weighted by Gasteiger charge is -2.26. The third kappa shape index (κ3) is 13.0. The third-order valence-corrected chi connectivity index (χ3v) is 11.3. The first kappa shape index (κ1) is 32.8. The van der Waals surface area contributed by atoms with E-state index in [1.54, 1.807) is 14.2 Å². The average Bonchev–Trinajstić information content (AvgIpc) is 3.01. The van der Waals surface area contributed by atoms with Gasteiger partial charge in [0.1, 0.15) is 13.6 Å². The summed E-state index contributed by atoms with van der Waals surface area (Å²) in [6.45, 7) is 6.19. The Balaban J connectivity index is 0.000000374. The first-order valence-electron chi connectivity index (χ1n) is 13.1. The molecule has 0 spiro atoms. The normalized spacial score (nSPS) is 10.4. The van der Waals surface area contributed by atoms with Crippen molar-refractivity contribution < 1.29 is 18.9 Å². The smallest absolute Gasteiger partial charge is 0.146 e. The van der Waals surface area contributed by atoms with E-state index < -0.39 is 15.8 Å². The molecule has 0 fully saturated rings. The fraction of sp³-hybridized carbons (Fsp3) is 0.273. The molecule has 4 aromatic rings. The number of hydrogen-bond acceptors (Lipinski definition) is 4. The standard InChI is InChI=1S/C25H22P2.C5H12O2.C3H8O2/c1-5-13-22(14-6-1)26(23-15-7-2-8-16-23)21-27(24-17-9-3-10-18-24)25-19-11-4-12-20-25;1-3-6-5-7-4-2;1-4-3-5-2/h1-20H,21H2;3-5H2,1-2H3;3H2,1-2H3. The maximum atomic E-state index is 4.85. The van der Waals surface area contributed by atoms with Gasteiger partial charge in [0.15, 0.2) is 0 Å². The highest BCUT2D eigenvalue weighted by Gasteiger charge is 2.22. The van der Waals surface area contributed by atoms with Gasteiger partial charge in [-0.25, -0.2) is 0 Å². The molecule has 0 saturated heterocycles. The van der Waals surface area contributed by atoms with E-state index in [4.69, 9.17) is 9.47 Å². The molecule has 0 radical (unpaired) electrons. The van der Waals surface area contributed by atoms with Crippen LogP contribution < -0.4 is 21.2 Å². The average molecular weight is 565 g/mol. The maximum absolute atomic E-state index is 4.85. The first-order valence-corrected chi connectivity index (χ1v) is 16.2. The van der Waals surface area contributed by atoms with Gasteiger partial charge in [0.05, 0.1) is 0 Å². The van der Waals surface area contributed by atoms with Gasteiger partial charge in [0.25, 0.3) is 0 Å². The Morgan fingerprint density at radius 3 is 0.923 bits per heavy atom. The van der Waals surface area contributed by atoms with E-state index >= 15 is 0 Å². The van der Waals surface area contributed by atoms with Crippen LogP contribution in [0.4, 0.5) is 0 Å². The summed E-state index contributed by atoms with van der Waals surface area (Å²) in [5, 5.41) is 5.83. The molecule has 0 amide bonds. The molecule has 39 heavy (non-hydrogen) atoms. The molecular weight excluding hydrogens is 522 g/mol. The van der Waals surface area contributed by atoms with Gasteiger partial charge in [0.2, 0.25) is 0 Å². The third-order valence-electron chi connectivity index (χ3n) is 5.36. The lowest BCUT2D eigenvalue weighted by atomic mass is 10.4. The van der Waals surface area contributed by atoms with Gasteiger partial charge in [-0.1, -0.05) is 121 Å². The monoisotopic (exact) mass is 564 g/mol. The van der Waals surface area contributed by atoms with E-state index in [0.717, 1.165) is 13.2 Å². The second kappa shape index (κ2) is 21.4. The van der Waals surface area contributed by atoms with E-state index in [-0.39, 0.29) is 0 Å². The van der Waals surface area contributed by atoms with Crippen LogP contribution in [0.2, 0.25) is 0 Å². The fourth-order valence-electron chi connectivity index (χ4n) is 3.54. The van der Waals surface area contributed by atoms with Crippen LogP contribution in [0.1, 0.15) is 13.8 Å². The van der Waals surface area contributed by atoms with Crippen LogP contribution >= 0.6 is 15.8 Å². The Kier molecular flexibility index (Phi) is 18.0. The van der Waals surface area contributed by atoms with Crippen molar-refractivity contribution in [2.24, 2.45) is 0 Å². The molecule has 6 heteroatoms. The maximum Gasteiger partial charge on any atom is 0.146 e. The summed E-state index contributed by atoms with van der Waals surface area (Å²) in [5.74, 6) is 1.17. The van der Waals surface area contributed by atoms with Crippen LogP contribution in [-0.4, -0.2) is 46.9 Å². The SMILES string of the molecule is CCOCOCC.COCOC.c1ccc(P(CP(c2ccccc2)c2ccccc2)c2ccccc2)cc1. The second-order valence-corrected chi connectivity index (χ2v) is 13.0. The van der Waals surface area contributed by atoms with Gasteiger partial charge in [-0.15, -0.1) is 0 Å². The minimum atomic E-state index is -0.409. The molecule has 4 aromatic carbocycles. The van der Waals surface area contributed by atoms with Crippen molar-refractivity contribution in [3.8, 4) is 0 Å². The Morgan fingerprint density at radius 1 is 0.436 bits per heavy atom.